The summed E-state index contributed by atoms with van der Waals surface area (Å²) < 4.78 is 7.27. The lowest BCUT2D eigenvalue weighted by Gasteiger charge is -2.61. The minimum atomic E-state index is -0.404. The summed E-state index contributed by atoms with van der Waals surface area (Å²) in [7, 11) is 2.33. The Balaban J connectivity index is 1.76. The fraction of sp³-hybridized carbons (Fsp3) is 0.600. The number of rotatable bonds is 2. The number of hydrogen-bond donors (Lipinski definition) is 2. The first-order chi connectivity index (χ1) is 11.5. The zero-order valence-corrected chi connectivity index (χ0v) is 14.2. The molecule has 1 saturated heterocycles. The summed E-state index contributed by atoms with van der Waals surface area (Å²) in [6.07, 6.45) is 5.26. The lowest BCUT2D eigenvalue weighted by Crippen LogP contribution is -2.72. The van der Waals surface area contributed by atoms with E-state index in [9.17, 15) is 10.2 Å². The van der Waals surface area contributed by atoms with Gasteiger partial charge in [0.2, 0.25) is 0 Å². The minimum absolute atomic E-state index is 0.108. The van der Waals surface area contributed by atoms with Crippen molar-refractivity contribution in [1.29, 1.82) is 0 Å². The fourth-order valence-electron chi connectivity index (χ4n) is 6.51. The Morgan fingerprint density at radius 2 is 2.25 bits per heavy atom. The van der Waals surface area contributed by atoms with Crippen LogP contribution in [0.4, 0.5) is 0 Å². The first kappa shape index (κ1) is 14.8. The summed E-state index contributed by atoms with van der Waals surface area (Å²) >= 11 is 0. The van der Waals surface area contributed by atoms with Gasteiger partial charge < -0.3 is 19.4 Å². The maximum absolute atomic E-state index is 10.7. The van der Waals surface area contributed by atoms with Crippen LogP contribution in [0.5, 0.6) is 11.5 Å². The molecule has 2 fully saturated rings. The Hall–Kier alpha value is -1.52. The number of aliphatic hydroxyl groups is 1. The molecule has 3 unspecified atom stereocenters. The van der Waals surface area contributed by atoms with Crippen molar-refractivity contribution in [3.05, 3.63) is 35.9 Å². The van der Waals surface area contributed by atoms with Crippen LogP contribution in [0.2, 0.25) is 0 Å². The van der Waals surface area contributed by atoms with Crippen molar-refractivity contribution in [2.24, 2.45) is 5.92 Å². The fourth-order valence-corrected chi connectivity index (χ4v) is 6.51. The standard InChI is InChI=1S/C20H25NO3/c1-3-9-21(2)10-8-20-13-4-5-16(23)19(20)24-17-7-6-15(22)12(18(17)20)11-14(13)21/h3,6-7,13-14,16,19,23H,1,4-5,8-11H2,2H3/p+1/t13?,14?,16-,19?,20-,21-/m0/s1. The number of phenolic OH excluding ortho intramolecular Hbond substituents is 1. The van der Waals surface area contributed by atoms with E-state index in [4.69, 9.17) is 4.74 Å². The van der Waals surface area contributed by atoms with E-state index >= 15 is 0 Å². The van der Waals surface area contributed by atoms with E-state index in [2.05, 4.69) is 13.6 Å². The molecular weight excluding hydrogens is 302 g/mol. The van der Waals surface area contributed by atoms with Crippen LogP contribution in [0.15, 0.2) is 24.8 Å². The van der Waals surface area contributed by atoms with Crippen molar-refractivity contribution in [1.82, 2.24) is 0 Å². The maximum atomic E-state index is 10.7. The second kappa shape index (κ2) is 4.55. The molecule has 5 rings (SSSR count). The normalized spacial score (nSPS) is 44.6. The van der Waals surface area contributed by atoms with Gasteiger partial charge in [0.15, 0.2) is 0 Å². The number of benzene rings is 1. The van der Waals surface area contributed by atoms with Gasteiger partial charge in [0.25, 0.3) is 0 Å². The van der Waals surface area contributed by atoms with Gasteiger partial charge in [0.1, 0.15) is 17.6 Å². The molecule has 2 bridgehead atoms. The lowest BCUT2D eigenvalue weighted by molar-refractivity contribution is -0.940. The summed E-state index contributed by atoms with van der Waals surface area (Å²) in [4.78, 5) is 0. The molecule has 2 aliphatic carbocycles. The van der Waals surface area contributed by atoms with E-state index in [1.807, 2.05) is 12.1 Å². The van der Waals surface area contributed by atoms with Crippen LogP contribution in [0, 0.1) is 5.92 Å². The van der Waals surface area contributed by atoms with Crippen LogP contribution in [0.25, 0.3) is 0 Å². The number of aliphatic hydroxyl groups excluding tert-OH is 1. The number of likely N-dealkylation sites (tertiary alicyclic amines) is 1. The van der Waals surface area contributed by atoms with Crippen LogP contribution in [-0.2, 0) is 11.8 Å². The van der Waals surface area contributed by atoms with E-state index in [-0.39, 0.29) is 11.5 Å². The van der Waals surface area contributed by atoms with Gasteiger partial charge in [-0.3, -0.25) is 0 Å². The molecule has 1 aromatic carbocycles. The number of hydrogen-bond acceptors (Lipinski definition) is 3. The molecule has 4 heteroatoms. The predicted molar refractivity (Wildman–Crippen MR) is 91.2 cm³/mol. The molecule has 4 aliphatic rings. The van der Waals surface area contributed by atoms with E-state index in [1.165, 1.54) is 5.56 Å². The third kappa shape index (κ3) is 1.52. The van der Waals surface area contributed by atoms with Crippen LogP contribution in [-0.4, -0.2) is 53.1 Å². The Labute approximate surface area is 142 Å². The smallest absolute Gasteiger partial charge is 0.135 e. The number of phenols is 1. The van der Waals surface area contributed by atoms with Crippen molar-refractivity contribution in [3.63, 3.8) is 0 Å². The summed E-state index contributed by atoms with van der Waals surface area (Å²) in [5.41, 5.74) is 2.18. The monoisotopic (exact) mass is 328 g/mol. The molecular formula is C20H26NO3+. The summed E-state index contributed by atoms with van der Waals surface area (Å²) in [6, 6.07) is 4.13. The van der Waals surface area contributed by atoms with Gasteiger partial charge in [-0.1, -0.05) is 6.58 Å². The van der Waals surface area contributed by atoms with Gasteiger partial charge in [-0.15, -0.1) is 0 Å². The lowest BCUT2D eigenvalue weighted by atomic mass is 9.51. The zero-order valence-electron chi connectivity index (χ0n) is 14.2. The Kier molecular flexibility index (Phi) is 2.81. The summed E-state index contributed by atoms with van der Waals surface area (Å²) in [5.74, 6) is 1.81. The van der Waals surface area contributed by atoms with E-state index in [0.29, 0.717) is 17.7 Å². The second-order valence-corrected chi connectivity index (χ2v) is 8.46. The van der Waals surface area contributed by atoms with Crippen LogP contribution >= 0.6 is 0 Å². The van der Waals surface area contributed by atoms with E-state index in [0.717, 1.165) is 54.6 Å². The highest BCUT2D eigenvalue weighted by Gasteiger charge is 2.68. The number of piperidine rings is 1. The molecule has 0 amide bonds. The van der Waals surface area contributed by atoms with E-state index < -0.39 is 6.10 Å². The number of aromatic hydroxyl groups is 1. The quantitative estimate of drug-likeness (QED) is 0.646. The third-order valence-corrected chi connectivity index (χ3v) is 7.52. The average molecular weight is 328 g/mol. The molecule has 24 heavy (non-hydrogen) atoms. The Morgan fingerprint density at radius 1 is 1.42 bits per heavy atom. The van der Waals surface area contributed by atoms with Crippen molar-refractivity contribution >= 4 is 0 Å². The number of nitrogens with zero attached hydrogens (tertiary/aromatic N) is 1. The maximum Gasteiger partial charge on any atom is 0.135 e. The van der Waals surface area contributed by atoms with Gasteiger partial charge in [-0.25, -0.2) is 0 Å². The Bertz CT molecular complexity index is 732. The van der Waals surface area contributed by atoms with Crippen molar-refractivity contribution < 1.29 is 19.4 Å². The first-order valence-electron chi connectivity index (χ1n) is 9.16. The minimum Gasteiger partial charge on any atom is -0.508 e. The van der Waals surface area contributed by atoms with Crippen molar-refractivity contribution in [3.8, 4) is 11.5 Å². The highest BCUT2D eigenvalue weighted by atomic mass is 16.5. The van der Waals surface area contributed by atoms with Gasteiger partial charge in [-0.2, -0.15) is 0 Å². The highest BCUT2D eigenvalue weighted by molar-refractivity contribution is 5.59. The van der Waals surface area contributed by atoms with Gasteiger partial charge in [0.05, 0.1) is 37.7 Å². The third-order valence-electron chi connectivity index (χ3n) is 7.52. The molecule has 4 nitrogen and oxygen atoms in total. The Morgan fingerprint density at radius 3 is 3.04 bits per heavy atom. The summed E-state index contributed by atoms with van der Waals surface area (Å²) in [5, 5.41) is 21.2. The van der Waals surface area contributed by atoms with Crippen LogP contribution in [0.3, 0.4) is 0 Å². The molecule has 6 atom stereocenters. The van der Waals surface area contributed by atoms with Crippen molar-refractivity contribution in [2.45, 2.75) is 49.3 Å². The van der Waals surface area contributed by atoms with Crippen LogP contribution in [0.1, 0.15) is 30.4 Å². The number of likely N-dealkylation sites (N-methyl/N-ethyl adjacent to an activating group) is 1. The van der Waals surface area contributed by atoms with Gasteiger partial charge >= 0.3 is 0 Å². The zero-order chi connectivity index (χ0) is 16.7. The molecule has 2 heterocycles. The predicted octanol–water partition coefficient (Wildman–Crippen LogP) is 2.12. The molecule has 1 spiro atoms. The van der Waals surface area contributed by atoms with Crippen LogP contribution < -0.4 is 4.74 Å². The van der Waals surface area contributed by atoms with Gasteiger partial charge in [-0.05, 0) is 31.1 Å². The topological polar surface area (TPSA) is 49.7 Å². The SMILES string of the molecule is C=CC[N@@+]1(C)CC[C@@]23c4c5ccc(O)c4CC1C2CC[C@H](O)C3O5. The number of quaternary nitrogens is 1. The van der Waals surface area contributed by atoms with Crippen molar-refractivity contribution in [2.75, 3.05) is 20.1 Å². The molecule has 2 aliphatic heterocycles. The first-order valence-corrected chi connectivity index (χ1v) is 9.16. The number of ether oxygens (including phenoxy) is 1. The molecule has 0 aromatic heterocycles. The second-order valence-electron chi connectivity index (χ2n) is 8.46. The average Bonchev–Trinajstić information content (AvgIpc) is 2.90. The molecule has 2 N–H and O–H groups in total. The highest BCUT2D eigenvalue weighted by Crippen LogP contribution is 2.64. The van der Waals surface area contributed by atoms with Gasteiger partial charge in [0, 0.05) is 29.9 Å². The molecule has 1 saturated carbocycles. The summed E-state index contributed by atoms with van der Waals surface area (Å²) in [6.45, 7) is 6.01. The van der Waals surface area contributed by atoms with E-state index in [1.54, 1.807) is 6.07 Å². The molecule has 0 radical (unpaired) electrons. The largest absolute Gasteiger partial charge is 0.508 e. The molecule has 1 aromatic rings. The molecule has 128 valence electrons.